The molecule has 0 fully saturated rings. The Hall–Kier alpha value is -2.55. The lowest BCUT2D eigenvalue weighted by molar-refractivity contribution is 0.0912. The molecule has 0 saturated heterocycles. The number of halogens is 2. The number of rotatable bonds is 7. The molecule has 2 aromatic carbocycles. The molecule has 170 valence electrons. The van der Waals surface area contributed by atoms with E-state index in [1.807, 2.05) is 36.4 Å². The molecule has 1 unspecified atom stereocenters. The lowest BCUT2D eigenvalue weighted by atomic mass is 9.96. The molecule has 2 aromatic heterocycles. The fourth-order valence-corrected chi connectivity index (χ4v) is 4.17. The zero-order valence-electron chi connectivity index (χ0n) is 17.8. The first-order valence-corrected chi connectivity index (χ1v) is 12.0. The van der Waals surface area contributed by atoms with E-state index < -0.39 is 11.3 Å². The molecule has 4 rings (SSSR count). The molecule has 0 aliphatic heterocycles. The van der Waals surface area contributed by atoms with Crippen molar-refractivity contribution in [3.8, 4) is 22.4 Å². The zero-order valence-corrected chi connectivity index (χ0v) is 20.1. The summed E-state index contributed by atoms with van der Waals surface area (Å²) in [5, 5.41) is 1.68. The van der Waals surface area contributed by atoms with Crippen LogP contribution in [-0.2, 0) is 17.8 Å². The normalized spacial score (nSPS) is 12.4. The van der Waals surface area contributed by atoms with Gasteiger partial charge in [-0.05, 0) is 29.8 Å². The maximum absolute atomic E-state index is 12.9. The first kappa shape index (κ1) is 23.6. The number of aromatic nitrogens is 1. The lowest BCUT2D eigenvalue weighted by Crippen LogP contribution is -2.18. The predicted octanol–water partition coefficient (Wildman–Crippen LogP) is 6.53. The Bertz CT molecular complexity index is 1370. The quantitative estimate of drug-likeness (QED) is 0.221. The molecule has 2 N–H and O–H groups in total. The Balaban J connectivity index is 2.03. The number of ketones is 1. The average molecular weight is 503 g/mol. The van der Waals surface area contributed by atoms with Gasteiger partial charge in [0.15, 0.2) is 5.76 Å². The van der Waals surface area contributed by atoms with Gasteiger partial charge in [-0.2, -0.15) is 0 Å². The Labute approximate surface area is 203 Å². The van der Waals surface area contributed by atoms with E-state index in [-0.39, 0.29) is 29.7 Å². The van der Waals surface area contributed by atoms with Gasteiger partial charge in [0.2, 0.25) is 22.8 Å². The number of fused-ring (bicyclic) bond motifs is 1. The minimum atomic E-state index is -2.26. The van der Waals surface area contributed by atoms with Crippen LogP contribution in [0.2, 0.25) is 10.0 Å². The highest BCUT2D eigenvalue weighted by Gasteiger charge is 2.25. The summed E-state index contributed by atoms with van der Waals surface area (Å²) in [5.74, 6) is -0.438. The average Bonchev–Trinajstić information content (AvgIpc) is 3.14. The summed E-state index contributed by atoms with van der Waals surface area (Å²) in [6, 6.07) is 16.5. The largest absolute Gasteiger partial charge is 0.434 e. The number of furan rings is 1. The number of nitrogens with one attached hydrogen (secondary N) is 1. The van der Waals surface area contributed by atoms with E-state index in [1.54, 1.807) is 32.0 Å². The smallest absolute Gasteiger partial charge is 0.232 e. The summed E-state index contributed by atoms with van der Waals surface area (Å²) in [5.41, 5.74) is 3.59. The van der Waals surface area contributed by atoms with E-state index in [2.05, 4.69) is 4.72 Å². The number of carbonyl (C=O) groups is 1. The summed E-state index contributed by atoms with van der Waals surface area (Å²) in [6.45, 7) is 3.48. The molecule has 0 amide bonds. The van der Waals surface area contributed by atoms with Crippen LogP contribution in [0.1, 0.15) is 30.0 Å². The highest BCUT2D eigenvalue weighted by atomic mass is 35.5. The maximum atomic E-state index is 12.9. The molecule has 0 spiro atoms. The van der Waals surface area contributed by atoms with E-state index in [9.17, 15) is 13.6 Å². The van der Waals surface area contributed by atoms with Crippen LogP contribution in [-0.4, -0.2) is 19.5 Å². The second kappa shape index (κ2) is 9.75. The van der Waals surface area contributed by atoms with Gasteiger partial charge >= 0.3 is 0 Å². The molecule has 0 aliphatic rings. The fourth-order valence-electron chi connectivity index (χ4n) is 3.55. The molecule has 4 aromatic rings. The van der Waals surface area contributed by atoms with Gasteiger partial charge in [0.05, 0.1) is 5.69 Å². The Kier molecular flexibility index (Phi) is 6.97. The summed E-state index contributed by atoms with van der Waals surface area (Å²) in [7, 11) is 0. The van der Waals surface area contributed by atoms with Gasteiger partial charge in [-0.25, -0.2) is 13.9 Å². The highest BCUT2D eigenvalue weighted by Crippen LogP contribution is 2.39. The minimum Gasteiger partial charge on any atom is -0.434 e. The van der Waals surface area contributed by atoms with Gasteiger partial charge in [-0.3, -0.25) is 9.35 Å². The van der Waals surface area contributed by atoms with Crippen molar-refractivity contribution in [1.29, 1.82) is 0 Å². The Morgan fingerprint density at radius 2 is 1.82 bits per heavy atom. The minimum absolute atomic E-state index is 0.0446. The van der Waals surface area contributed by atoms with Gasteiger partial charge in [0, 0.05) is 44.6 Å². The van der Waals surface area contributed by atoms with Crippen molar-refractivity contribution < 1.29 is 18.0 Å². The van der Waals surface area contributed by atoms with E-state index in [0.29, 0.717) is 32.3 Å². The van der Waals surface area contributed by atoms with Crippen LogP contribution in [0.3, 0.4) is 0 Å². The Morgan fingerprint density at radius 1 is 1.12 bits per heavy atom. The van der Waals surface area contributed by atoms with Gasteiger partial charge in [0.25, 0.3) is 0 Å². The van der Waals surface area contributed by atoms with E-state index in [4.69, 9.17) is 32.6 Å². The maximum Gasteiger partial charge on any atom is 0.232 e. The zero-order chi connectivity index (χ0) is 23.7. The third-order valence-electron chi connectivity index (χ3n) is 5.19. The Morgan fingerprint density at radius 3 is 2.45 bits per heavy atom. The second-order valence-electron chi connectivity index (χ2n) is 7.72. The van der Waals surface area contributed by atoms with E-state index in [1.165, 1.54) is 0 Å². The molecular formula is C24H20Cl2N2O4S. The van der Waals surface area contributed by atoms with Crippen molar-refractivity contribution in [2.24, 2.45) is 5.92 Å². The predicted molar refractivity (Wildman–Crippen MR) is 132 cm³/mol. The molecule has 33 heavy (non-hydrogen) atoms. The van der Waals surface area contributed by atoms with Crippen LogP contribution in [0.15, 0.2) is 59.0 Å². The molecule has 0 bridgehead atoms. The molecule has 1 atom stereocenters. The molecule has 0 aliphatic carbocycles. The fraction of sp³-hybridized carbons (Fsp3) is 0.167. The lowest BCUT2D eigenvalue weighted by Gasteiger charge is -2.11. The van der Waals surface area contributed by atoms with Crippen LogP contribution >= 0.6 is 23.2 Å². The van der Waals surface area contributed by atoms with Gasteiger partial charge in [-0.15, -0.1) is 0 Å². The SMILES string of the molecule is CC(C)C(=O)c1oc2nc(-c3ccccc3Cl)c(-c3ccc(Cl)cc3)cc2c1CNS(=O)O. The number of benzene rings is 2. The summed E-state index contributed by atoms with van der Waals surface area (Å²) >= 11 is 10.3. The van der Waals surface area contributed by atoms with Crippen molar-refractivity contribution in [3.05, 3.63) is 76.0 Å². The summed E-state index contributed by atoms with van der Waals surface area (Å²) in [4.78, 5) is 17.6. The molecule has 0 saturated carbocycles. The second-order valence-corrected chi connectivity index (χ2v) is 9.35. The number of Topliss-reactive ketones (excluding diaryl/α,β-unsaturated/α-hetero) is 1. The van der Waals surface area contributed by atoms with Crippen molar-refractivity contribution in [2.75, 3.05) is 0 Å². The third-order valence-corrected chi connectivity index (χ3v) is 6.16. The first-order chi connectivity index (χ1) is 15.8. The topological polar surface area (TPSA) is 92.4 Å². The molecule has 0 radical (unpaired) electrons. The van der Waals surface area contributed by atoms with Gasteiger partial charge in [0.1, 0.15) is 0 Å². The third kappa shape index (κ3) is 4.88. The number of nitrogens with zero attached hydrogens (tertiary/aromatic N) is 1. The molecule has 9 heteroatoms. The van der Waals surface area contributed by atoms with Crippen LogP contribution in [0.5, 0.6) is 0 Å². The van der Waals surface area contributed by atoms with E-state index in [0.717, 1.165) is 11.1 Å². The number of hydrogen-bond acceptors (Lipinski definition) is 4. The van der Waals surface area contributed by atoms with Crippen molar-refractivity contribution in [3.63, 3.8) is 0 Å². The summed E-state index contributed by atoms with van der Waals surface area (Å²) < 4.78 is 28.9. The van der Waals surface area contributed by atoms with Crippen LogP contribution < -0.4 is 4.72 Å². The number of carbonyl (C=O) groups excluding carboxylic acids is 1. The first-order valence-electron chi connectivity index (χ1n) is 10.1. The van der Waals surface area contributed by atoms with Crippen molar-refractivity contribution in [1.82, 2.24) is 9.71 Å². The van der Waals surface area contributed by atoms with Crippen molar-refractivity contribution >= 4 is 51.4 Å². The molecule has 2 heterocycles. The number of pyridine rings is 1. The number of hydrogen-bond donors (Lipinski definition) is 2. The summed E-state index contributed by atoms with van der Waals surface area (Å²) in [6.07, 6.45) is 0. The van der Waals surface area contributed by atoms with Crippen LogP contribution in [0.25, 0.3) is 33.5 Å². The monoisotopic (exact) mass is 502 g/mol. The van der Waals surface area contributed by atoms with Crippen LogP contribution in [0, 0.1) is 5.92 Å². The van der Waals surface area contributed by atoms with Crippen LogP contribution in [0.4, 0.5) is 0 Å². The molecule has 6 nitrogen and oxygen atoms in total. The highest BCUT2D eigenvalue weighted by molar-refractivity contribution is 7.77. The van der Waals surface area contributed by atoms with Gasteiger partial charge < -0.3 is 4.42 Å². The van der Waals surface area contributed by atoms with Crippen molar-refractivity contribution in [2.45, 2.75) is 20.4 Å². The van der Waals surface area contributed by atoms with E-state index >= 15 is 0 Å². The van der Waals surface area contributed by atoms with Gasteiger partial charge in [-0.1, -0.05) is 67.4 Å². The standard InChI is InChI=1S/C24H20Cl2N2O4S/c1-13(2)22(29)23-19(12-27-33(30)31)18-11-17(14-7-9-15(25)10-8-14)21(28-24(18)32-23)16-5-3-4-6-20(16)26/h3-11,13,27H,12H2,1-2H3,(H,30,31). The molecular weight excluding hydrogens is 483 g/mol.